The van der Waals surface area contributed by atoms with Gasteiger partial charge in [-0.15, -0.1) is 0 Å². The van der Waals surface area contributed by atoms with Crippen LogP contribution in [0.15, 0.2) is 52.3 Å². The molecule has 1 aromatic heterocycles. The summed E-state index contributed by atoms with van der Waals surface area (Å²) < 4.78 is 42.4. The summed E-state index contributed by atoms with van der Waals surface area (Å²) in [6.45, 7) is 14.7. The van der Waals surface area contributed by atoms with Gasteiger partial charge >= 0.3 is 5.97 Å². The van der Waals surface area contributed by atoms with Crippen LogP contribution in [-0.4, -0.2) is 44.4 Å². The molecule has 0 spiro atoms. The van der Waals surface area contributed by atoms with Gasteiger partial charge in [-0.05, 0) is 70.4 Å². The summed E-state index contributed by atoms with van der Waals surface area (Å²) in [7, 11) is -5.53. The molecule has 1 saturated heterocycles. The van der Waals surface area contributed by atoms with E-state index in [-0.39, 0.29) is 27.1 Å². The second-order valence-electron chi connectivity index (χ2n) is 12.9. The highest BCUT2D eigenvalue weighted by Crippen LogP contribution is 2.45. The zero-order valence-corrected chi connectivity index (χ0v) is 25.8. The molecule has 0 aliphatic carbocycles. The molecule has 39 heavy (non-hydrogen) atoms. The van der Waals surface area contributed by atoms with Gasteiger partial charge in [0, 0.05) is 35.3 Å². The minimum absolute atomic E-state index is 0.0214. The van der Waals surface area contributed by atoms with E-state index >= 15 is 0 Å². The molecule has 3 atom stereocenters. The topological polar surface area (TPSA) is 86.6 Å². The normalized spacial score (nSPS) is 20.2. The van der Waals surface area contributed by atoms with Gasteiger partial charge in [0.2, 0.25) is 9.84 Å². The van der Waals surface area contributed by atoms with Crippen LogP contribution in [0.1, 0.15) is 68.2 Å². The molecule has 3 unspecified atom stereocenters. The van der Waals surface area contributed by atoms with Crippen molar-refractivity contribution in [2.24, 2.45) is 0 Å². The number of nitrogens with zero attached hydrogens (tertiary/aromatic N) is 1. The number of hydrogen-bond donors (Lipinski definition) is 1. The third-order valence-corrected chi connectivity index (χ3v) is 12.4. The molecule has 2 aliphatic rings. The number of esters is 1. The molecule has 210 valence electrons. The first-order valence-corrected chi connectivity index (χ1v) is 18.8. The molecule has 0 radical (unpaired) electrons. The van der Waals surface area contributed by atoms with Crippen molar-refractivity contribution in [2.45, 2.75) is 107 Å². The van der Waals surface area contributed by atoms with Gasteiger partial charge in [-0.1, -0.05) is 37.8 Å². The smallest absolute Gasteiger partial charge is 0.340 e. The highest BCUT2D eigenvalue weighted by Gasteiger charge is 2.40. The predicted molar refractivity (Wildman–Crippen MR) is 155 cm³/mol. The Kier molecular flexibility index (Phi) is 7.11. The summed E-state index contributed by atoms with van der Waals surface area (Å²) in [6.07, 6.45) is 2.78. The molecule has 3 aromatic rings. The molecule has 0 amide bonds. The van der Waals surface area contributed by atoms with Gasteiger partial charge in [-0.25, -0.2) is 13.2 Å². The molecule has 0 saturated carbocycles. The molecule has 2 aromatic carbocycles. The lowest BCUT2D eigenvalue weighted by atomic mass is 9.96. The highest BCUT2D eigenvalue weighted by molar-refractivity contribution is 7.91. The molecule has 7 nitrogen and oxygen atoms in total. The number of nitrogens with one attached hydrogen (secondary N) is 1. The maximum atomic E-state index is 14.0. The van der Waals surface area contributed by atoms with E-state index in [0.29, 0.717) is 18.2 Å². The van der Waals surface area contributed by atoms with Crippen LogP contribution >= 0.6 is 0 Å². The molecule has 2 bridgehead atoms. The maximum Gasteiger partial charge on any atom is 0.340 e. The molecule has 5 rings (SSSR count). The van der Waals surface area contributed by atoms with Gasteiger partial charge in [-0.3, -0.25) is 0 Å². The van der Waals surface area contributed by atoms with E-state index in [1.807, 2.05) is 6.07 Å². The first-order valence-electron chi connectivity index (χ1n) is 13.8. The fraction of sp³-hybridized carbons (Fsp3) is 0.500. The molecule has 9 heteroatoms. The zero-order valence-electron chi connectivity index (χ0n) is 24.0. The fourth-order valence-corrected chi connectivity index (χ4v) is 7.65. The van der Waals surface area contributed by atoms with Crippen molar-refractivity contribution in [1.82, 2.24) is 9.88 Å². The number of carbonyl (C=O) groups is 1. The number of carbonyl (C=O) groups excluding carboxylic acids is 1. The van der Waals surface area contributed by atoms with Gasteiger partial charge in [0.15, 0.2) is 0 Å². The van der Waals surface area contributed by atoms with Crippen molar-refractivity contribution in [2.75, 3.05) is 0 Å². The van der Waals surface area contributed by atoms with E-state index in [2.05, 4.69) is 36.4 Å². The quantitative estimate of drug-likeness (QED) is 0.277. The van der Waals surface area contributed by atoms with Crippen LogP contribution in [0.3, 0.4) is 0 Å². The Bertz CT molecular complexity index is 1520. The predicted octanol–water partition coefficient (Wildman–Crippen LogP) is 6.02. The van der Waals surface area contributed by atoms with E-state index < -0.39 is 29.5 Å². The summed E-state index contributed by atoms with van der Waals surface area (Å²) >= 11 is 0. The molecule has 1 N–H and O–H groups in total. The van der Waals surface area contributed by atoms with E-state index in [0.717, 1.165) is 36.0 Å². The number of fused-ring (bicyclic) bond motifs is 6. The summed E-state index contributed by atoms with van der Waals surface area (Å²) in [5.74, 6) is -0.626. The van der Waals surface area contributed by atoms with Crippen molar-refractivity contribution in [1.29, 1.82) is 0 Å². The summed E-state index contributed by atoms with van der Waals surface area (Å²) in [6, 6.07) is 12.1. The summed E-state index contributed by atoms with van der Waals surface area (Å²) in [5, 5.41) is 4.36. The first kappa shape index (κ1) is 28.1. The van der Waals surface area contributed by atoms with E-state index in [9.17, 15) is 13.2 Å². The first-order chi connectivity index (χ1) is 18.2. The Morgan fingerprint density at radius 2 is 1.79 bits per heavy atom. The van der Waals surface area contributed by atoms with Gasteiger partial charge in [-0.2, -0.15) is 0 Å². The van der Waals surface area contributed by atoms with E-state index in [1.165, 1.54) is 0 Å². The van der Waals surface area contributed by atoms with Crippen LogP contribution in [-0.2, 0) is 32.5 Å². The van der Waals surface area contributed by atoms with Crippen LogP contribution in [0.2, 0.25) is 19.6 Å². The summed E-state index contributed by atoms with van der Waals surface area (Å²) in [4.78, 5) is 14.1. The second kappa shape index (κ2) is 9.87. The van der Waals surface area contributed by atoms with Gasteiger partial charge in [0.25, 0.3) is 0 Å². The van der Waals surface area contributed by atoms with Crippen molar-refractivity contribution in [3.05, 3.63) is 59.3 Å². The minimum Gasteiger partial charge on any atom is -0.456 e. The number of sulfone groups is 1. The Hall–Kier alpha value is -2.46. The van der Waals surface area contributed by atoms with Gasteiger partial charge in [0.05, 0.1) is 28.9 Å². The Balaban J connectivity index is 1.78. The molecular formula is C30H40N2O5SSi. The lowest BCUT2D eigenvalue weighted by molar-refractivity contribution is 0.00674. The van der Waals surface area contributed by atoms with Crippen molar-refractivity contribution in [3.8, 4) is 0 Å². The standard InChI is InChI=1S/C30H40N2O5SSi/c1-19(39(5,6)7)36-18-32-23-15-16-25(38(34,35)21-11-9-8-10-12-21)28(29(33)37-30(2,3)4)27(23)26-22-14-13-20(31-22)17-24(26)32/h8-12,15-16,19-20,22,31H,13-14,17-18H2,1-7H3. The molecule has 3 heterocycles. The number of ether oxygens (including phenoxy) is 2. The fourth-order valence-electron chi connectivity index (χ4n) is 5.61. The Morgan fingerprint density at radius 1 is 1.10 bits per heavy atom. The minimum atomic E-state index is -3.99. The van der Waals surface area contributed by atoms with Gasteiger partial charge < -0.3 is 19.4 Å². The average Bonchev–Trinajstić information content (AvgIpc) is 3.38. The lowest BCUT2D eigenvalue weighted by Gasteiger charge is -2.27. The highest BCUT2D eigenvalue weighted by atomic mass is 32.2. The summed E-state index contributed by atoms with van der Waals surface area (Å²) in [5.41, 5.74) is 2.40. The maximum absolute atomic E-state index is 14.0. The molecule has 1 fully saturated rings. The van der Waals surface area contributed by atoms with E-state index in [1.54, 1.807) is 57.2 Å². The van der Waals surface area contributed by atoms with Crippen molar-refractivity contribution in [3.63, 3.8) is 0 Å². The van der Waals surface area contributed by atoms with Crippen LogP contribution in [0.25, 0.3) is 10.9 Å². The van der Waals surface area contributed by atoms with Crippen LogP contribution in [0, 0.1) is 0 Å². The van der Waals surface area contributed by atoms with Crippen molar-refractivity contribution >= 4 is 34.8 Å². The average molecular weight is 569 g/mol. The monoisotopic (exact) mass is 568 g/mol. The second-order valence-corrected chi connectivity index (χ2v) is 20.4. The largest absolute Gasteiger partial charge is 0.456 e. The van der Waals surface area contributed by atoms with Gasteiger partial charge in [0.1, 0.15) is 12.3 Å². The number of benzene rings is 2. The SMILES string of the molecule is CC(OCn1c2c(c3c(C(=O)OC(C)(C)C)c(S(=O)(=O)c4ccccc4)ccc31)C1CCC(C2)N1)[Si](C)(C)C. The molecule has 2 aliphatic heterocycles. The molecular weight excluding hydrogens is 528 g/mol. The number of rotatable bonds is 7. The van der Waals surface area contributed by atoms with Crippen LogP contribution < -0.4 is 5.32 Å². The van der Waals surface area contributed by atoms with Crippen molar-refractivity contribution < 1.29 is 22.7 Å². The van der Waals surface area contributed by atoms with Crippen LogP contribution in [0.5, 0.6) is 0 Å². The van der Waals surface area contributed by atoms with E-state index in [4.69, 9.17) is 9.47 Å². The third-order valence-electron chi connectivity index (χ3n) is 7.99. The third kappa shape index (κ3) is 5.22. The number of hydrogen-bond acceptors (Lipinski definition) is 6. The van der Waals surface area contributed by atoms with Crippen LogP contribution in [0.4, 0.5) is 0 Å². The number of aromatic nitrogens is 1. The zero-order chi connectivity index (χ0) is 28.3. The Labute approximate surface area is 232 Å². The Morgan fingerprint density at radius 3 is 2.44 bits per heavy atom. The lowest BCUT2D eigenvalue weighted by Crippen LogP contribution is -2.38.